The summed E-state index contributed by atoms with van der Waals surface area (Å²) in [6.45, 7) is 1.41. The third kappa shape index (κ3) is 14.4. The van der Waals surface area contributed by atoms with E-state index in [-0.39, 0.29) is 39.1 Å². The average molecular weight is 656 g/mol. The molecule has 0 aromatic heterocycles. The molecular formula is C28H41N5O13. The number of hydrogen-bond acceptors (Lipinski definition) is 13. The van der Waals surface area contributed by atoms with Crippen molar-refractivity contribution < 1.29 is 53.6 Å². The van der Waals surface area contributed by atoms with Crippen LogP contribution in [0.4, 0.5) is 4.79 Å². The highest BCUT2D eigenvalue weighted by Crippen LogP contribution is 2.22. The topological polar surface area (TPSA) is 239 Å². The summed E-state index contributed by atoms with van der Waals surface area (Å²) in [5.41, 5.74) is 0.932. The molecular weight excluding hydrogens is 614 g/mol. The first-order valence-corrected chi connectivity index (χ1v) is 15.0. The Kier molecular flexibility index (Phi) is 16.5. The Labute approximate surface area is 264 Å². The van der Waals surface area contributed by atoms with Gasteiger partial charge in [-0.3, -0.25) is 19.7 Å². The van der Waals surface area contributed by atoms with Crippen molar-refractivity contribution in [3.63, 3.8) is 0 Å². The molecule has 0 aliphatic carbocycles. The summed E-state index contributed by atoms with van der Waals surface area (Å²) >= 11 is 0. The number of alkyl carbamates (subject to hydrolysis) is 1. The van der Waals surface area contributed by atoms with Crippen LogP contribution in [0, 0.1) is 20.2 Å². The van der Waals surface area contributed by atoms with E-state index in [1.807, 2.05) is 30.3 Å². The van der Waals surface area contributed by atoms with Crippen LogP contribution in [0.1, 0.15) is 63.9 Å². The number of carboxylic acid groups (broad SMARTS) is 1. The van der Waals surface area contributed by atoms with E-state index in [1.165, 1.54) is 11.8 Å². The van der Waals surface area contributed by atoms with Gasteiger partial charge in [-0.25, -0.2) is 9.59 Å². The number of nitrogens with zero attached hydrogens (tertiary/aromatic N) is 3. The number of carboxylic acids is 1. The van der Waals surface area contributed by atoms with Gasteiger partial charge in [-0.1, -0.05) is 30.3 Å². The van der Waals surface area contributed by atoms with Gasteiger partial charge in [0.05, 0.1) is 19.3 Å². The fourth-order valence-corrected chi connectivity index (χ4v) is 4.84. The summed E-state index contributed by atoms with van der Waals surface area (Å²) in [6.07, 6.45) is 0.736. The minimum atomic E-state index is -1.41. The van der Waals surface area contributed by atoms with Gasteiger partial charge in [-0.15, -0.1) is 20.2 Å². The molecule has 3 N–H and O–H groups in total. The molecule has 18 nitrogen and oxygen atoms in total. The molecule has 0 spiro atoms. The quantitative estimate of drug-likeness (QED) is 0.0532. The number of likely N-dealkylation sites (tertiary alicyclic amines) is 1. The Balaban J connectivity index is 2.01. The second kappa shape index (κ2) is 20.3. The minimum Gasteiger partial charge on any atom is -0.480 e. The van der Waals surface area contributed by atoms with Gasteiger partial charge < -0.3 is 29.6 Å². The maximum absolute atomic E-state index is 13.8. The molecule has 1 aliphatic rings. The molecule has 1 aromatic carbocycles. The number of hydrogen-bond donors (Lipinski definition) is 3. The average Bonchev–Trinajstić information content (AvgIpc) is 3.49. The zero-order chi connectivity index (χ0) is 33.9. The Morgan fingerprint density at radius 1 is 1.00 bits per heavy atom. The van der Waals surface area contributed by atoms with E-state index in [4.69, 9.17) is 9.47 Å². The molecule has 1 heterocycles. The molecule has 1 fully saturated rings. The molecule has 2 rings (SSSR count). The van der Waals surface area contributed by atoms with Gasteiger partial charge in [-0.2, -0.15) is 0 Å². The van der Waals surface area contributed by atoms with Gasteiger partial charge in [-0.05, 0) is 70.3 Å². The molecule has 1 aliphatic heterocycles. The fraction of sp³-hybridized carbons (Fsp3) is 0.643. The molecule has 1 aromatic rings. The summed E-state index contributed by atoms with van der Waals surface area (Å²) in [5, 5.41) is 33.9. The van der Waals surface area contributed by atoms with Crippen molar-refractivity contribution in [3.05, 3.63) is 56.1 Å². The van der Waals surface area contributed by atoms with Gasteiger partial charge in [0.25, 0.3) is 10.2 Å². The number of ether oxygens (including phenoxy) is 2. The fourth-order valence-electron chi connectivity index (χ4n) is 4.84. The number of esters is 1. The number of unbranched alkanes of at least 4 members (excludes halogenated alkanes) is 2. The van der Waals surface area contributed by atoms with Gasteiger partial charge in [0.15, 0.2) is 0 Å². The van der Waals surface area contributed by atoms with E-state index in [9.17, 15) is 44.5 Å². The highest BCUT2D eigenvalue weighted by Gasteiger charge is 2.39. The monoisotopic (exact) mass is 655 g/mol. The first kappa shape index (κ1) is 37.4. The predicted molar refractivity (Wildman–Crippen MR) is 157 cm³/mol. The van der Waals surface area contributed by atoms with Crippen molar-refractivity contribution in [2.75, 3.05) is 26.3 Å². The van der Waals surface area contributed by atoms with Crippen molar-refractivity contribution >= 4 is 23.9 Å². The number of aliphatic carboxylic acids is 1. The van der Waals surface area contributed by atoms with Crippen molar-refractivity contribution in [3.8, 4) is 0 Å². The Hall–Kier alpha value is -4.74. The lowest BCUT2D eigenvalue weighted by Gasteiger charge is -2.30. The van der Waals surface area contributed by atoms with E-state index < -0.39 is 58.5 Å². The van der Waals surface area contributed by atoms with Crippen LogP contribution in [0.5, 0.6) is 0 Å². The molecule has 2 amide bonds. The minimum absolute atomic E-state index is 0.00688. The summed E-state index contributed by atoms with van der Waals surface area (Å²) in [4.78, 5) is 80.9. The van der Waals surface area contributed by atoms with Crippen LogP contribution in [-0.4, -0.2) is 94.8 Å². The molecule has 0 saturated carbocycles. The second-order valence-electron chi connectivity index (χ2n) is 10.5. The molecule has 46 heavy (non-hydrogen) atoms. The Morgan fingerprint density at radius 3 is 2.39 bits per heavy atom. The number of nitrogens with one attached hydrogen (secondary N) is 2. The third-order valence-electron chi connectivity index (χ3n) is 7.05. The summed E-state index contributed by atoms with van der Waals surface area (Å²) < 4.78 is 10.0. The SMILES string of the molecule is CC(OC(=O)NCCCCC(NC(CCc1ccccc1)C(=O)O)C(=O)N1CCCC1C(=O)OCCCCO[N+](=O)[O-])O[N+](=O)[O-]. The lowest BCUT2D eigenvalue weighted by atomic mass is 10.0. The van der Waals surface area contributed by atoms with Crippen LogP contribution < -0.4 is 10.6 Å². The van der Waals surface area contributed by atoms with Crippen molar-refractivity contribution in [2.24, 2.45) is 0 Å². The standard InChI is InChI=1S/C28H41N5O13/c1-20(46-33(41)42)45-28(38)29-16-6-5-12-22(30-23(26(35)36)15-14-21-10-3-2-4-11-21)25(34)31-17-9-13-24(31)27(37)43-18-7-8-19-44-32(39)40/h2-4,10-11,20,22-24,30H,5-9,12-19H2,1H3,(H,29,38)(H,35,36). The van der Waals surface area contributed by atoms with Crippen LogP contribution in [0.2, 0.25) is 0 Å². The number of amides is 2. The zero-order valence-electron chi connectivity index (χ0n) is 25.6. The molecule has 0 radical (unpaired) electrons. The first-order valence-electron chi connectivity index (χ1n) is 15.0. The van der Waals surface area contributed by atoms with Gasteiger partial charge >= 0.3 is 18.0 Å². The largest absolute Gasteiger partial charge is 0.480 e. The van der Waals surface area contributed by atoms with E-state index >= 15 is 0 Å². The lowest BCUT2D eigenvalue weighted by molar-refractivity contribution is -0.777. The van der Waals surface area contributed by atoms with Gasteiger partial charge in [0, 0.05) is 13.1 Å². The van der Waals surface area contributed by atoms with Crippen molar-refractivity contribution in [1.82, 2.24) is 15.5 Å². The number of aryl methyl sites for hydroxylation is 1. The highest BCUT2D eigenvalue weighted by atomic mass is 17.0. The smallest absolute Gasteiger partial charge is 0.409 e. The molecule has 18 heteroatoms. The number of carbonyl (C=O) groups is 4. The zero-order valence-corrected chi connectivity index (χ0v) is 25.6. The normalized spacial score (nSPS) is 16.0. The Morgan fingerprint density at radius 2 is 1.72 bits per heavy atom. The van der Waals surface area contributed by atoms with Gasteiger partial charge in [0.1, 0.15) is 12.1 Å². The summed E-state index contributed by atoms with van der Waals surface area (Å²) in [6, 6.07) is 6.39. The predicted octanol–water partition coefficient (Wildman–Crippen LogP) is 2.00. The van der Waals surface area contributed by atoms with Gasteiger partial charge in [0.2, 0.25) is 12.2 Å². The van der Waals surface area contributed by atoms with Crippen LogP contribution in [-0.2, 0) is 40.0 Å². The molecule has 1 saturated heterocycles. The van der Waals surface area contributed by atoms with Crippen molar-refractivity contribution in [2.45, 2.75) is 89.1 Å². The van der Waals surface area contributed by atoms with Crippen LogP contribution in [0.15, 0.2) is 30.3 Å². The number of carbonyl (C=O) groups excluding carboxylic acids is 3. The molecule has 4 atom stereocenters. The van der Waals surface area contributed by atoms with Crippen LogP contribution in [0.25, 0.3) is 0 Å². The highest BCUT2D eigenvalue weighted by molar-refractivity contribution is 5.88. The lowest BCUT2D eigenvalue weighted by Crippen LogP contribution is -2.54. The Bertz CT molecular complexity index is 1160. The third-order valence-corrected chi connectivity index (χ3v) is 7.05. The van der Waals surface area contributed by atoms with Crippen LogP contribution >= 0.6 is 0 Å². The van der Waals surface area contributed by atoms with Crippen LogP contribution in [0.3, 0.4) is 0 Å². The van der Waals surface area contributed by atoms with E-state index in [2.05, 4.69) is 20.3 Å². The van der Waals surface area contributed by atoms with E-state index in [0.717, 1.165) is 5.56 Å². The summed E-state index contributed by atoms with van der Waals surface area (Å²) in [5.74, 6) is -2.21. The number of rotatable bonds is 22. The number of benzene rings is 1. The molecule has 0 bridgehead atoms. The summed E-state index contributed by atoms with van der Waals surface area (Å²) in [7, 11) is 0. The maximum Gasteiger partial charge on any atom is 0.409 e. The molecule has 4 unspecified atom stereocenters. The first-order chi connectivity index (χ1) is 22.0. The maximum atomic E-state index is 13.8. The molecule has 256 valence electrons. The second-order valence-corrected chi connectivity index (χ2v) is 10.5. The van der Waals surface area contributed by atoms with E-state index in [1.54, 1.807) is 0 Å². The van der Waals surface area contributed by atoms with E-state index in [0.29, 0.717) is 44.9 Å². The van der Waals surface area contributed by atoms with Crippen molar-refractivity contribution in [1.29, 1.82) is 0 Å².